The number of nitrogens with one attached hydrogen (secondary N) is 2. The molecule has 120 valence electrons. The van der Waals surface area contributed by atoms with Crippen LogP contribution in [0.25, 0.3) is 11.0 Å². The number of carbonyl (C=O) groups excluding carboxylic acids is 2. The van der Waals surface area contributed by atoms with E-state index in [-0.39, 0.29) is 23.5 Å². The summed E-state index contributed by atoms with van der Waals surface area (Å²) >= 11 is 0. The number of furan rings is 1. The zero-order valence-electron chi connectivity index (χ0n) is 12.9. The summed E-state index contributed by atoms with van der Waals surface area (Å²) in [6.45, 7) is 0. The summed E-state index contributed by atoms with van der Waals surface area (Å²) in [5, 5.41) is 6.54. The van der Waals surface area contributed by atoms with Gasteiger partial charge in [-0.2, -0.15) is 0 Å². The van der Waals surface area contributed by atoms with Gasteiger partial charge in [0.1, 0.15) is 5.58 Å². The number of rotatable bonds is 4. The molecule has 2 aromatic carbocycles. The van der Waals surface area contributed by atoms with Crippen molar-refractivity contribution in [2.24, 2.45) is 5.92 Å². The first-order valence-electron chi connectivity index (χ1n) is 7.90. The fourth-order valence-corrected chi connectivity index (χ4v) is 2.55. The molecule has 5 nitrogen and oxygen atoms in total. The third kappa shape index (κ3) is 3.01. The van der Waals surface area contributed by atoms with Gasteiger partial charge in [-0.3, -0.25) is 9.59 Å². The van der Waals surface area contributed by atoms with E-state index in [0.29, 0.717) is 17.0 Å². The topological polar surface area (TPSA) is 71.3 Å². The van der Waals surface area contributed by atoms with Crippen LogP contribution in [0, 0.1) is 5.92 Å². The highest BCUT2D eigenvalue weighted by molar-refractivity contribution is 6.05. The summed E-state index contributed by atoms with van der Waals surface area (Å²) in [7, 11) is 0. The molecule has 0 radical (unpaired) electrons. The maximum Gasteiger partial charge on any atom is 0.291 e. The largest absolute Gasteiger partial charge is 0.451 e. The van der Waals surface area contributed by atoms with Gasteiger partial charge in [0.05, 0.1) is 0 Å². The van der Waals surface area contributed by atoms with E-state index < -0.39 is 0 Å². The smallest absolute Gasteiger partial charge is 0.291 e. The van der Waals surface area contributed by atoms with Crippen LogP contribution < -0.4 is 10.6 Å². The van der Waals surface area contributed by atoms with E-state index in [0.717, 1.165) is 18.2 Å². The summed E-state index contributed by atoms with van der Waals surface area (Å²) in [6.07, 6.45) is 1.91. The van der Waals surface area contributed by atoms with Crippen LogP contribution in [0.5, 0.6) is 0 Å². The number of para-hydroxylation sites is 1. The molecule has 2 N–H and O–H groups in total. The molecule has 0 atom stereocenters. The molecule has 1 aliphatic rings. The fraction of sp³-hybridized carbons (Fsp3) is 0.158. The first kappa shape index (κ1) is 14.5. The van der Waals surface area contributed by atoms with Gasteiger partial charge < -0.3 is 15.1 Å². The summed E-state index contributed by atoms with van der Waals surface area (Å²) < 4.78 is 5.55. The van der Waals surface area contributed by atoms with Crippen molar-refractivity contribution in [3.05, 3.63) is 60.4 Å². The second-order valence-corrected chi connectivity index (χ2v) is 5.95. The molecule has 0 unspecified atom stereocenters. The quantitative estimate of drug-likeness (QED) is 0.762. The molecule has 1 heterocycles. The highest BCUT2D eigenvalue weighted by atomic mass is 16.3. The molecule has 1 aromatic heterocycles. The van der Waals surface area contributed by atoms with E-state index in [1.165, 1.54) is 0 Å². The Balaban J connectivity index is 1.49. The van der Waals surface area contributed by atoms with Crippen LogP contribution >= 0.6 is 0 Å². The van der Waals surface area contributed by atoms with Crippen LogP contribution in [0.2, 0.25) is 0 Å². The first-order valence-corrected chi connectivity index (χ1v) is 7.90. The molecular weight excluding hydrogens is 304 g/mol. The molecule has 0 saturated heterocycles. The van der Waals surface area contributed by atoms with Gasteiger partial charge in [0, 0.05) is 22.7 Å². The van der Waals surface area contributed by atoms with Gasteiger partial charge in [-0.15, -0.1) is 0 Å². The molecule has 1 saturated carbocycles. The molecule has 0 bridgehead atoms. The van der Waals surface area contributed by atoms with Gasteiger partial charge >= 0.3 is 0 Å². The van der Waals surface area contributed by atoms with Crippen molar-refractivity contribution in [3.63, 3.8) is 0 Å². The normalized spacial score (nSPS) is 13.7. The molecule has 1 aliphatic carbocycles. The van der Waals surface area contributed by atoms with Gasteiger partial charge in [-0.25, -0.2) is 0 Å². The minimum Gasteiger partial charge on any atom is -0.451 e. The second-order valence-electron chi connectivity index (χ2n) is 5.95. The standard InChI is InChI=1S/C19H16N2O3/c22-18(12-8-9-12)20-14-5-3-6-15(11-14)21-19(23)17-10-13-4-1-2-7-16(13)24-17/h1-7,10-12H,8-9H2,(H,20,22)(H,21,23). The first-order chi connectivity index (χ1) is 11.7. The molecule has 3 aromatic rings. The zero-order chi connectivity index (χ0) is 16.5. The van der Waals surface area contributed by atoms with Gasteiger partial charge in [0.2, 0.25) is 5.91 Å². The average molecular weight is 320 g/mol. The lowest BCUT2D eigenvalue weighted by atomic mass is 10.2. The maximum atomic E-state index is 12.3. The van der Waals surface area contributed by atoms with Crippen molar-refractivity contribution in [2.45, 2.75) is 12.8 Å². The number of hydrogen-bond acceptors (Lipinski definition) is 3. The Hall–Kier alpha value is -3.08. The molecule has 4 rings (SSSR count). The third-order valence-corrected chi connectivity index (χ3v) is 3.99. The van der Waals surface area contributed by atoms with Crippen LogP contribution in [0.3, 0.4) is 0 Å². The minimum absolute atomic E-state index is 0.0377. The number of amides is 2. The van der Waals surface area contributed by atoms with Crippen LogP contribution in [0.15, 0.2) is 59.0 Å². The Morgan fingerprint density at radius 3 is 2.42 bits per heavy atom. The van der Waals surface area contributed by atoms with Gasteiger partial charge in [-0.1, -0.05) is 24.3 Å². The zero-order valence-corrected chi connectivity index (χ0v) is 12.9. The molecule has 2 amide bonds. The Morgan fingerprint density at radius 2 is 1.67 bits per heavy atom. The minimum atomic E-state index is -0.322. The van der Waals surface area contributed by atoms with Crippen molar-refractivity contribution in [1.29, 1.82) is 0 Å². The Labute approximate surface area is 138 Å². The van der Waals surface area contributed by atoms with Crippen LogP contribution in [0.4, 0.5) is 11.4 Å². The molecule has 1 fully saturated rings. The number of fused-ring (bicyclic) bond motifs is 1. The van der Waals surface area contributed by atoms with E-state index in [4.69, 9.17) is 4.42 Å². The summed E-state index contributed by atoms with van der Waals surface area (Å²) in [6, 6.07) is 16.3. The van der Waals surface area contributed by atoms with Crippen LogP contribution in [-0.2, 0) is 4.79 Å². The Bertz CT molecular complexity index is 892. The van der Waals surface area contributed by atoms with Gasteiger partial charge in [0.25, 0.3) is 5.91 Å². The van der Waals surface area contributed by atoms with E-state index in [1.807, 2.05) is 24.3 Å². The van der Waals surface area contributed by atoms with Gasteiger partial charge in [-0.05, 0) is 43.2 Å². The molecule has 0 spiro atoms. The van der Waals surface area contributed by atoms with Crippen molar-refractivity contribution in [1.82, 2.24) is 0 Å². The van der Waals surface area contributed by atoms with Crippen molar-refractivity contribution in [3.8, 4) is 0 Å². The summed E-state index contributed by atoms with van der Waals surface area (Å²) in [5.41, 5.74) is 1.96. The van der Waals surface area contributed by atoms with Crippen molar-refractivity contribution in [2.75, 3.05) is 10.6 Å². The number of hydrogen-bond donors (Lipinski definition) is 2. The van der Waals surface area contributed by atoms with Crippen molar-refractivity contribution >= 4 is 34.2 Å². The number of benzene rings is 2. The van der Waals surface area contributed by atoms with E-state index in [9.17, 15) is 9.59 Å². The molecule has 5 heteroatoms. The second kappa shape index (κ2) is 5.85. The third-order valence-electron chi connectivity index (χ3n) is 3.99. The van der Waals surface area contributed by atoms with E-state index >= 15 is 0 Å². The van der Waals surface area contributed by atoms with E-state index in [1.54, 1.807) is 30.3 Å². The predicted molar refractivity (Wildman–Crippen MR) is 92.0 cm³/mol. The van der Waals surface area contributed by atoms with Gasteiger partial charge in [0.15, 0.2) is 5.76 Å². The highest BCUT2D eigenvalue weighted by Gasteiger charge is 2.29. The number of carbonyl (C=O) groups is 2. The van der Waals surface area contributed by atoms with Crippen LogP contribution in [0.1, 0.15) is 23.4 Å². The molecule has 24 heavy (non-hydrogen) atoms. The molecule has 0 aliphatic heterocycles. The SMILES string of the molecule is O=C(Nc1cccc(NC(=O)C2CC2)c1)c1cc2ccccc2o1. The summed E-state index contributed by atoms with van der Waals surface area (Å²) in [4.78, 5) is 24.2. The molecular formula is C19H16N2O3. The predicted octanol–water partition coefficient (Wildman–Crippen LogP) is 4.03. The lowest BCUT2D eigenvalue weighted by Gasteiger charge is -2.07. The lowest BCUT2D eigenvalue weighted by Crippen LogP contribution is -2.14. The number of anilines is 2. The highest BCUT2D eigenvalue weighted by Crippen LogP contribution is 2.30. The Kier molecular flexibility index (Phi) is 3.54. The lowest BCUT2D eigenvalue weighted by molar-refractivity contribution is -0.117. The summed E-state index contributed by atoms with van der Waals surface area (Å²) in [5.74, 6) is 0.107. The monoisotopic (exact) mass is 320 g/mol. The average Bonchev–Trinajstić information content (AvgIpc) is 3.34. The van der Waals surface area contributed by atoms with Crippen molar-refractivity contribution < 1.29 is 14.0 Å². The fourth-order valence-electron chi connectivity index (χ4n) is 2.55. The Morgan fingerprint density at radius 1 is 0.917 bits per heavy atom. The maximum absolute atomic E-state index is 12.3. The van der Waals surface area contributed by atoms with Crippen LogP contribution in [-0.4, -0.2) is 11.8 Å². The van der Waals surface area contributed by atoms with E-state index in [2.05, 4.69) is 10.6 Å².